The molecule has 0 unspecified atom stereocenters. The molecule has 2 aromatic heterocycles. The van der Waals surface area contributed by atoms with Gasteiger partial charge in [-0.15, -0.1) is 10.2 Å². The minimum Gasteiger partial charge on any atom is -0.394 e. The van der Waals surface area contributed by atoms with Crippen molar-refractivity contribution in [3.8, 4) is 17.2 Å². The molecule has 0 spiro atoms. The van der Waals surface area contributed by atoms with Crippen LogP contribution in [0, 0.1) is 0 Å². The molecule has 2 heterocycles. The Hall–Kier alpha value is -3.32. The number of aliphatic hydroxyl groups is 1. The average Bonchev–Trinajstić information content (AvgIpc) is 3.28. The zero-order chi connectivity index (χ0) is 20.3. The molecule has 0 radical (unpaired) electrons. The van der Waals surface area contributed by atoms with Crippen LogP contribution < -0.4 is 5.73 Å². The van der Waals surface area contributed by atoms with Crippen molar-refractivity contribution in [3.05, 3.63) is 41.9 Å². The van der Waals surface area contributed by atoms with Crippen LogP contribution in [0.3, 0.4) is 0 Å². The Balaban J connectivity index is 1.89. The van der Waals surface area contributed by atoms with Gasteiger partial charge in [-0.25, -0.2) is 14.3 Å². The fourth-order valence-corrected chi connectivity index (χ4v) is 2.24. The molecule has 13 heteroatoms. The van der Waals surface area contributed by atoms with Gasteiger partial charge in [0.25, 0.3) is 5.91 Å². The largest absolute Gasteiger partial charge is 0.416 e. The maximum atomic E-state index is 12.7. The summed E-state index contributed by atoms with van der Waals surface area (Å²) in [5.41, 5.74) is 4.92. The van der Waals surface area contributed by atoms with E-state index >= 15 is 0 Å². The number of hydrogen-bond donors (Lipinski definition) is 2. The monoisotopic (exact) mass is 397 g/mol. The predicted octanol–water partition coefficient (Wildman–Crippen LogP) is 0.610. The summed E-state index contributed by atoms with van der Waals surface area (Å²) in [4.78, 5) is 15.3. The third kappa shape index (κ3) is 4.15. The number of rotatable bonds is 7. The number of ether oxygens (including phenoxy) is 1. The van der Waals surface area contributed by atoms with Crippen LogP contribution in [0.4, 0.5) is 13.2 Å². The Morgan fingerprint density at radius 1 is 1.25 bits per heavy atom. The number of alkyl halides is 3. The van der Waals surface area contributed by atoms with E-state index in [0.717, 1.165) is 12.1 Å². The van der Waals surface area contributed by atoms with E-state index in [9.17, 15) is 18.0 Å². The summed E-state index contributed by atoms with van der Waals surface area (Å²) in [7, 11) is 0. The summed E-state index contributed by atoms with van der Waals surface area (Å²) in [6, 6.07) is 4.33. The van der Waals surface area contributed by atoms with Gasteiger partial charge in [-0.05, 0) is 24.3 Å². The number of hydrogen-bond acceptors (Lipinski definition) is 7. The molecule has 3 aromatic rings. The van der Waals surface area contributed by atoms with E-state index in [4.69, 9.17) is 15.6 Å². The number of amides is 1. The molecule has 3 rings (SSSR count). The van der Waals surface area contributed by atoms with Gasteiger partial charge in [0, 0.05) is 0 Å². The van der Waals surface area contributed by atoms with Crippen LogP contribution >= 0.6 is 0 Å². The highest BCUT2D eigenvalue weighted by Crippen LogP contribution is 2.29. The molecular formula is C15H14F3N7O3. The summed E-state index contributed by atoms with van der Waals surface area (Å²) >= 11 is 0. The zero-order valence-electron chi connectivity index (χ0n) is 14.2. The van der Waals surface area contributed by atoms with Gasteiger partial charge < -0.3 is 15.6 Å². The van der Waals surface area contributed by atoms with Crippen LogP contribution in [0.25, 0.3) is 17.2 Å². The first-order chi connectivity index (χ1) is 13.3. The molecule has 10 nitrogen and oxygen atoms in total. The number of nitrogens with two attached hydrogens (primary N) is 1. The molecule has 3 N–H and O–H groups in total. The van der Waals surface area contributed by atoms with Gasteiger partial charge in [0.05, 0.1) is 30.7 Å². The van der Waals surface area contributed by atoms with Gasteiger partial charge in [-0.3, -0.25) is 4.79 Å². The van der Waals surface area contributed by atoms with Crippen LogP contribution in [0.15, 0.2) is 30.5 Å². The molecule has 0 saturated carbocycles. The molecule has 1 aromatic carbocycles. The lowest BCUT2D eigenvalue weighted by Gasteiger charge is -2.07. The minimum absolute atomic E-state index is 0.0312. The van der Waals surface area contributed by atoms with Crippen LogP contribution in [0.2, 0.25) is 0 Å². The Morgan fingerprint density at radius 3 is 2.57 bits per heavy atom. The Morgan fingerprint density at radius 2 is 1.96 bits per heavy atom. The molecule has 0 fully saturated rings. The molecule has 1 amide bonds. The first kappa shape index (κ1) is 19.4. The van der Waals surface area contributed by atoms with E-state index in [1.807, 2.05) is 0 Å². The minimum atomic E-state index is -4.44. The van der Waals surface area contributed by atoms with E-state index in [1.54, 1.807) is 0 Å². The lowest BCUT2D eigenvalue weighted by molar-refractivity contribution is -0.137. The molecule has 0 atom stereocenters. The van der Waals surface area contributed by atoms with E-state index < -0.39 is 17.6 Å². The van der Waals surface area contributed by atoms with Crippen molar-refractivity contribution in [2.45, 2.75) is 12.9 Å². The van der Waals surface area contributed by atoms with Crippen molar-refractivity contribution in [2.75, 3.05) is 13.2 Å². The van der Waals surface area contributed by atoms with Gasteiger partial charge in [0.1, 0.15) is 6.73 Å². The maximum Gasteiger partial charge on any atom is 0.416 e. The number of halogens is 3. The van der Waals surface area contributed by atoms with Gasteiger partial charge in [-0.2, -0.15) is 13.2 Å². The standard InChI is InChI=1S/C15H14F3N7O3/c16-15(17,18)9-1-3-10(4-2-9)24-7-11(21-23-24)14-20-13(12(19)27)22-25(14)8-28-6-5-26/h1-4,7,26H,5-6,8H2,(H2,19,27). The van der Waals surface area contributed by atoms with E-state index in [0.29, 0.717) is 5.69 Å². The average molecular weight is 397 g/mol. The molecule has 0 aliphatic heterocycles. The molecule has 28 heavy (non-hydrogen) atoms. The summed E-state index contributed by atoms with van der Waals surface area (Å²) < 4.78 is 45.6. The lowest BCUT2D eigenvalue weighted by atomic mass is 10.2. The highest BCUT2D eigenvalue weighted by atomic mass is 19.4. The molecule has 0 aliphatic rings. The molecular weight excluding hydrogens is 383 g/mol. The highest BCUT2D eigenvalue weighted by molar-refractivity contribution is 5.89. The van der Waals surface area contributed by atoms with Crippen molar-refractivity contribution >= 4 is 5.91 Å². The summed E-state index contributed by atoms with van der Waals surface area (Å²) in [5.74, 6) is -1.02. The number of aromatic nitrogens is 6. The third-order valence-corrected chi connectivity index (χ3v) is 3.52. The fraction of sp³-hybridized carbons (Fsp3) is 0.267. The number of carbonyl (C=O) groups is 1. The number of primary amides is 1. The van der Waals surface area contributed by atoms with E-state index in [-0.39, 0.29) is 37.3 Å². The first-order valence-electron chi connectivity index (χ1n) is 7.83. The summed E-state index contributed by atoms with van der Waals surface area (Å²) in [6.07, 6.45) is -3.04. The van der Waals surface area contributed by atoms with Crippen molar-refractivity contribution in [1.82, 2.24) is 29.8 Å². The second-order valence-corrected chi connectivity index (χ2v) is 5.48. The second kappa shape index (κ2) is 7.74. The zero-order valence-corrected chi connectivity index (χ0v) is 14.2. The van der Waals surface area contributed by atoms with Crippen LogP contribution in [-0.4, -0.2) is 54.0 Å². The summed E-state index contributed by atoms with van der Waals surface area (Å²) in [6.45, 7) is -0.316. The predicted molar refractivity (Wildman–Crippen MR) is 86.9 cm³/mol. The molecule has 0 aliphatic carbocycles. The topological polar surface area (TPSA) is 134 Å². The number of benzene rings is 1. The maximum absolute atomic E-state index is 12.7. The third-order valence-electron chi connectivity index (χ3n) is 3.52. The van der Waals surface area contributed by atoms with E-state index in [2.05, 4.69) is 20.4 Å². The lowest BCUT2D eigenvalue weighted by Crippen LogP contribution is -2.14. The van der Waals surface area contributed by atoms with Crippen molar-refractivity contribution in [1.29, 1.82) is 0 Å². The SMILES string of the molecule is NC(=O)c1nc(-c2cn(-c3ccc(C(F)(F)F)cc3)nn2)n(COCCO)n1. The second-order valence-electron chi connectivity index (χ2n) is 5.48. The van der Waals surface area contributed by atoms with Crippen LogP contribution in [0.5, 0.6) is 0 Å². The normalized spacial score (nSPS) is 11.7. The van der Waals surface area contributed by atoms with Gasteiger partial charge >= 0.3 is 6.18 Å². The molecule has 0 saturated heterocycles. The number of aliphatic hydroxyl groups excluding tert-OH is 1. The molecule has 0 bridgehead atoms. The van der Waals surface area contributed by atoms with Gasteiger partial charge in [0.15, 0.2) is 11.5 Å². The van der Waals surface area contributed by atoms with Crippen LogP contribution in [-0.2, 0) is 17.6 Å². The Labute approximate surface area is 155 Å². The van der Waals surface area contributed by atoms with Gasteiger partial charge in [0.2, 0.25) is 5.82 Å². The number of nitrogens with zero attached hydrogens (tertiary/aromatic N) is 6. The Bertz CT molecular complexity index is 966. The molecule has 148 valence electrons. The fourth-order valence-electron chi connectivity index (χ4n) is 2.24. The van der Waals surface area contributed by atoms with Gasteiger partial charge in [-0.1, -0.05) is 5.21 Å². The summed E-state index contributed by atoms with van der Waals surface area (Å²) in [5, 5.41) is 20.4. The highest BCUT2D eigenvalue weighted by Gasteiger charge is 2.30. The Kier molecular flexibility index (Phi) is 5.37. The van der Waals surface area contributed by atoms with Crippen LogP contribution in [0.1, 0.15) is 16.2 Å². The van der Waals surface area contributed by atoms with E-state index in [1.165, 1.54) is 27.7 Å². The number of carbonyl (C=O) groups excluding carboxylic acids is 1. The van der Waals surface area contributed by atoms with Crippen molar-refractivity contribution in [2.24, 2.45) is 5.73 Å². The van der Waals surface area contributed by atoms with Crippen molar-refractivity contribution < 1.29 is 27.8 Å². The quantitative estimate of drug-likeness (QED) is 0.558. The first-order valence-corrected chi connectivity index (χ1v) is 7.83. The smallest absolute Gasteiger partial charge is 0.394 e. The van der Waals surface area contributed by atoms with Crippen molar-refractivity contribution in [3.63, 3.8) is 0 Å².